The number of amides is 2. The number of halogens is 1. The Hall–Kier alpha value is -2.34. The van der Waals surface area contributed by atoms with Gasteiger partial charge in [-0.1, -0.05) is 28.1 Å². The molecule has 0 heterocycles. The smallest absolute Gasteiger partial charge is 0.261 e. The summed E-state index contributed by atoms with van der Waals surface area (Å²) in [5.74, 6) is -0.0642. The number of hydrogen-bond donors (Lipinski definition) is 2. The van der Waals surface area contributed by atoms with Gasteiger partial charge in [-0.3, -0.25) is 9.59 Å². The minimum atomic E-state index is -0.610. The second-order valence-corrected chi connectivity index (χ2v) is 5.91. The van der Waals surface area contributed by atoms with Crippen LogP contribution in [0, 0.1) is 0 Å². The third-order valence-corrected chi connectivity index (χ3v) is 3.73. The molecule has 0 aromatic heterocycles. The molecule has 0 saturated heterocycles. The number of benzene rings is 2. The van der Waals surface area contributed by atoms with E-state index < -0.39 is 12.0 Å². The van der Waals surface area contributed by atoms with Gasteiger partial charge < -0.3 is 15.8 Å². The number of rotatable bonds is 6. The van der Waals surface area contributed by atoms with Gasteiger partial charge in [-0.25, -0.2) is 0 Å². The number of carbonyl (C=O) groups is 2. The van der Waals surface area contributed by atoms with Crippen molar-refractivity contribution < 1.29 is 14.3 Å². The van der Waals surface area contributed by atoms with Crippen molar-refractivity contribution in [1.82, 2.24) is 5.32 Å². The molecule has 0 fully saturated rings. The van der Waals surface area contributed by atoms with Crippen molar-refractivity contribution in [2.24, 2.45) is 5.73 Å². The lowest BCUT2D eigenvalue weighted by molar-refractivity contribution is -0.127. The predicted molar refractivity (Wildman–Crippen MR) is 91.0 cm³/mol. The van der Waals surface area contributed by atoms with Gasteiger partial charge in [-0.05, 0) is 48.9 Å². The van der Waals surface area contributed by atoms with Crippen LogP contribution in [0.25, 0.3) is 0 Å². The summed E-state index contributed by atoms with van der Waals surface area (Å²) in [7, 11) is 0. The highest BCUT2D eigenvalue weighted by Crippen LogP contribution is 2.17. The second kappa shape index (κ2) is 7.78. The van der Waals surface area contributed by atoms with Crippen molar-refractivity contribution in [3.8, 4) is 5.75 Å². The Morgan fingerprint density at radius 3 is 2.30 bits per heavy atom. The Morgan fingerprint density at radius 2 is 1.74 bits per heavy atom. The van der Waals surface area contributed by atoms with Crippen LogP contribution in [0.4, 0.5) is 0 Å². The molecule has 2 rings (SSSR count). The molecule has 2 aromatic carbocycles. The Balaban J connectivity index is 1.86. The summed E-state index contributed by atoms with van der Waals surface area (Å²) in [5.41, 5.74) is 6.49. The molecule has 1 atom stereocenters. The first-order chi connectivity index (χ1) is 11.0. The fourth-order valence-electron chi connectivity index (χ4n) is 1.89. The summed E-state index contributed by atoms with van der Waals surface area (Å²) in [6.07, 6.45) is -0.610. The van der Waals surface area contributed by atoms with Crippen molar-refractivity contribution >= 4 is 27.7 Å². The Kier molecular flexibility index (Phi) is 5.76. The number of nitrogens with one attached hydrogen (secondary N) is 1. The molecule has 0 radical (unpaired) electrons. The quantitative estimate of drug-likeness (QED) is 0.812. The van der Waals surface area contributed by atoms with Crippen molar-refractivity contribution in [3.05, 3.63) is 64.1 Å². The number of primary amides is 1. The van der Waals surface area contributed by atoms with E-state index >= 15 is 0 Å². The van der Waals surface area contributed by atoms with Gasteiger partial charge in [0, 0.05) is 16.6 Å². The lowest BCUT2D eigenvalue weighted by Gasteiger charge is -2.15. The third-order valence-electron chi connectivity index (χ3n) is 3.20. The molecule has 2 aromatic rings. The minimum Gasteiger partial charge on any atom is -0.481 e. The van der Waals surface area contributed by atoms with Gasteiger partial charge >= 0.3 is 0 Å². The molecule has 0 saturated carbocycles. The average molecular weight is 377 g/mol. The molecular weight excluding hydrogens is 360 g/mol. The zero-order valence-electron chi connectivity index (χ0n) is 12.6. The van der Waals surface area contributed by atoms with Crippen LogP contribution >= 0.6 is 15.9 Å². The normalized spacial score (nSPS) is 11.6. The van der Waals surface area contributed by atoms with Crippen LogP contribution < -0.4 is 15.8 Å². The van der Waals surface area contributed by atoms with E-state index in [1.165, 1.54) is 0 Å². The first-order valence-corrected chi connectivity index (χ1v) is 7.83. The molecule has 6 heteroatoms. The Bertz CT molecular complexity index is 684. The molecule has 23 heavy (non-hydrogen) atoms. The summed E-state index contributed by atoms with van der Waals surface area (Å²) in [6.45, 7) is 2.04. The molecule has 3 N–H and O–H groups in total. The van der Waals surface area contributed by atoms with E-state index in [9.17, 15) is 9.59 Å². The zero-order chi connectivity index (χ0) is 16.8. The lowest BCUT2D eigenvalue weighted by Crippen LogP contribution is -2.35. The van der Waals surface area contributed by atoms with Crippen LogP contribution in [0.15, 0.2) is 53.0 Å². The monoisotopic (exact) mass is 376 g/mol. The van der Waals surface area contributed by atoms with Gasteiger partial charge in [-0.15, -0.1) is 0 Å². The molecule has 120 valence electrons. The highest BCUT2D eigenvalue weighted by Gasteiger charge is 2.14. The summed E-state index contributed by atoms with van der Waals surface area (Å²) < 4.78 is 6.52. The molecule has 5 nitrogen and oxygen atoms in total. The first-order valence-electron chi connectivity index (χ1n) is 7.04. The molecule has 0 bridgehead atoms. The molecule has 0 spiro atoms. The van der Waals surface area contributed by atoms with E-state index in [0.29, 0.717) is 17.9 Å². The molecular formula is C17H17BrN2O3. The zero-order valence-corrected chi connectivity index (χ0v) is 14.2. The van der Waals surface area contributed by atoms with E-state index in [0.717, 1.165) is 10.0 Å². The summed E-state index contributed by atoms with van der Waals surface area (Å²) >= 11 is 3.34. The van der Waals surface area contributed by atoms with E-state index in [4.69, 9.17) is 10.5 Å². The summed E-state index contributed by atoms with van der Waals surface area (Å²) in [4.78, 5) is 23.0. The molecule has 0 aliphatic rings. The number of ether oxygens (including phenoxy) is 1. The van der Waals surface area contributed by atoms with Gasteiger partial charge in [0.05, 0.1) is 0 Å². The Morgan fingerprint density at radius 1 is 1.13 bits per heavy atom. The molecule has 0 aliphatic carbocycles. The fraction of sp³-hybridized carbons (Fsp3) is 0.176. The lowest BCUT2D eigenvalue weighted by atomic mass is 10.1. The van der Waals surface area contributed by atoms with Crippen LogP contribution in [0.5, 0.6) is 5.75 Å². The second-order valence-electron chi connectivity index (χ2n) is 4.99. The topological polar surface area (TPSA) is 81.4 Å². The maximum atomic E-state index is 12.0. The van der Waals surface area contributed by atoms with E-state index in [1.54, 1.807) is 43.3 Å². The summed E-state index contributed by atoms with van der Waals surface area (Å²) in [6, 6.07) is 14.0. The largest absolute Gasteiger partial charge is 0.481 e. The van der Waals surface area contributed by atoms with E-state index in [-0.39, 0.29) is 5.91 Å². The van der Waals surface area contributed by atoms with Crippen molar-refractivity contribution in [2.75, 3.05) is 0 Å². The van der Waals surface area contributed by atoms with Crippen LogP contribution in [0.1, 0.15) is 22.8 Å². The van der Waals surface area contributed by atoms with E-state index in [2.05, 4.69) is 21.2 Å². The fourth-order valence-corrected chi connectivity index (χ4v) is 2.15. The Labute approximate surface area is 143 Å². The molecule has 2 amide bonds. The van der Waals surface area contributed by atoms with Crippen LogP contribution in [-0.4, -0.2) is 17.9 Å². The third kappa shape index (κ3) is 5.10. The summed E-state index contributed by atoms with van der Waals surface area (Å²) in [5, 5.41) is 2.79. The van der Waals surface area contributed by atoms with Crippen LogP contribution in [0.2, 0.25) is 0 Å². The maximum absolute atomic E-state index is 12.0. The number of carbonyl (C=O) groups excluding carboxylic acids is 2. The van der Waals surface area contributed by atoms with Gasteiger partial charge in [0.1, 0.15) is 5.75 Å². The van der Waals surface area contributed by atoms with Crippen LogP contribution in [-0.2, 0) is 11.3 Å². The maximum Gasteiger partial charge on any atom is 0.261 e. The van der Waals surface area contributed by atoms with Gasteiger partial charge in [-0.2, -0.15) is 0 Å². The SMILES string of the molecule is CC(Oc1ccc(Br)cc1)C(=O)NCc1ccc(C(N)=O)cc1. The van der Waals surface area contributed by atoms with Crippen molar-refractivity contribution in [3.63, 3.8) is 0 Å². The minimum absolute atomic E-state index is 0.216. The number of hydrogen-bond acceptors (Lipinski definition) is 3. The van der Waals surface area contributed by atoms with Gasteiger partial charge in [0.15, 0.2) is 6.10 Å². The molecule has 1 unspecified atom stereocenters. The van der Waals surface area contributed by atoms with E-state index in [1.807, 2.05) is 12.1 Å². The predicted octanol–water partition coefficient (Wildman–Crippen LogP) is 2.63. The molecule has 0 aliphatic heterocycles. The van der Waals surface area contributed by atoms with Crippen LogP contribution in [0.3, 0.4) is 0 Å². The van der Waals surface area contributed by atoms with Crippen molar-refractivity contribution in [2.45, 2.75) is 19.6 Å². The van der Waals surface area contributed by atoms with Gasteiger partial charge in [0.25, 0.3) is 5.91 Å². The standard InChI is InChI=1S/C17H17BrN2O3/c1-11(23-15-8-6-14(18)7-9-15)17(22)20-10-12-2-4-13(5-3-12)16(19)21/h2-9,11H,10H2,1H3,(H2,19,21)(H,20,22). The number of nitrogens with two attached hydrogens (primary N) is 1. The highest BCUT2D eigenvalue weighted by molar-refractivity contribution is 9.10. The first kappa shape index (κ1) is 17.0. The average Bonchev–Trinajstić information content (AvgIpc) is 2.55. The van der Waals surface area contributed by atoms with Crippen molar-refractivity contribution in [1.29, 1.82) is 0 Å². The van der Waals surface area contributed by atoms with Gasteiger partial charge in [0.2, 0.25) is 5.91 Å². The highest BCUT2D eigenvalue weighted by atomic mass is 79.9.